The van der Waals surface area contributed by atoms with Crippen molar-refractivity contribution in [2.24, 2.45) is 0 Å². The van der Waals surface area contributed by atoms with E-state index in [1.807, 2.05) is 30.1 Å². The highest BCUT2D eigenvalue weighted by atomic mass is 32.2. The van der Waals surface area contributed by atoms with Crippen LogP contribution < -0.4 is 0 Å². The maximum Gasteiger partial charge on any atom is 0.199 e. The van der Waals surface area contributed by atoms with Crippen LogP contribution in [0.2, 0.25) is 0 Å². The summed E-state index contributed by atoms with van der Waals surface area (Å²) in [5.74, 6) is 0.428. The third-order valence-corrected chi connectivity index (χ3v) is 7.15. The molecule has 0 saturated carbocycles. The number of hydrogen-bond acceptors (Lipinski definition) is 6. The van der Waals surface area contributed by atoms with Gasteiger partial charge in [0.2, 0.25) is 0 Å². The molecule has 3 heterocycles. The molecule has 2 aromatic heterocycles. The van der Waals surface area contributed by atoms with E-state index in [1.165, 1.54) is 0 Å². The van der Waals surface area contributed by atoms with E-state index in [0.717, 1.165) is 17.0 Å². The fourth-order valence-corrected chi connectivity index (χ4v) is 5.45. The van der Waals surface area contributed by atoms with E-state index in [0.29, 0.717) is 31.0 Å². The Balaban J connectivity index is 1.74. The minimum atomic E-state index is -2.94. The van der Waals surface area contributed by atoms with E-state index in [4.69, 9.17) is 12.2 Å². The highest BCUT2D eigenvalue weighted by Crippen LogP contribution is 2.27. The lowest BCUT2D eigenvalue weighted by molar-refractivity contribution is 0.242. The van der Waals surface area contributed by atoms with Crippen molar-refractivity contribution in [3.63, 3.8) is 0 Å². The van der Waals surface area contributed by atoms with Gasteiger partial charge in [0.25, 0.3) is 0 Å². The zero-order chi connectivity index (χ0) is 19.8. The Bertz CT molecular complexity index is 1000. The Morgan fingerprint density at radius 1 is 1.44 bits per heavy atom. The van der Waals surface area contributed by atoms with E-state index in [2.05, 4.69) is 21.7 Å². The lowest BCUT2D eigenvalue weighted by Crippen LogP contribution is -2.23. The van der Waals surface area contributed by atoms with Crippen LogP contribution >= 0.6 is 12.2 Å². The largest absolute Gasteiger partial charge is 0.303 e. The van der Waals surface area contributed by atoms with Gasteiger partial charge in [0.1, 0.15) is 6.33 Å². The summed E-state index contributed by atoms with van der Waals surface area (Å²) in [7, 11) is -0.934. The molecule has 10 heteroatoms. The number of rotatable bonds is 7. The first kappa shape index (κ1) is 20.0. The first-order valence-corrected chi connectivity index (χ1v) is 11.1. The molecule has 148 valence electrons. The van der Waals surface area contributed by atoms with E-state index in [9.17, 15) is 8.42 Å². The summed E-state index contributed by atoms with van der Waals surface area (Å²) >= 11 is 5.44. The third kappa shape index (κ3) is 4.22. The number of hydrogen-bond donors (Lipinski definition) is 0. The fourth-order valence-electron chi connectivity index (χ4n) is 3.53. The van der Waals surface area contributed by atoms with E-state index < -0.39 is 9.84 Å². The summed E-state index contributed by atoms with van der Waals surface area (Å²) in [6, 6.07) is -0.0593. The van der Waals surface area contributed by atoms with Crippen LogP contribution in [-0.4, -0.2) is 56.0 Å². The maximum atomic E-state index is 11.8. The zero-order valence-electron chi connectivity index (χ0n) is 16.0. The summed E-state index contributed by atoms with van der Waals surface area (Å²) in [6.07, 6.45) is 4.14. The normalized spacial score (nSPS) is 19.0. The Morgan fingerprint density at radius 2 is 2.19 bits per heavy atom. The first-order valence-electron chi connectivity index (χ1n) is 8.88. The summed E-state index contributed by atoms with van der Waals surface area (Å²) in [5.41, 5.74) is 3.09. The van der Waals surface area contributed by atoms with Crippen molar-refractivity contribution < 1.29 is 8.42 Å². The van der Waals surface area contributed by atoms with Gasteiger partial charge in [0.15, 0.2) is 14.6 Å². The molecule has 0 N–H and O–H groups in total. The van der Waals surface area contributed by atoms with Crippen molar-refractivity contribution in [3.05, 3.63) is 40.7 Å². The second-order valence-electron chi connectivity index (χ2n) is 7.16. The van der Waals surface area contributed by atoms with Crippen LogP contribution in [0, 0.1) is 18.6 Å². The van der Waals surface area contributed by atoms with Crippen molar-refractivity contribution in [2.45, 2.75) is 46.1 Å². The smallest absolute Gasteiger partial charge is 0.199 e. The van der Waals surface area contributed by atoms with E-state index in [-0.39, 0.29) is 17.5 Å². The molecule has 1 aliphatic heterocycles. The molecule has 2 aromatic rings. The molecule has 0 aliphatic carbocycles. The van der Waals surface area contributed by atoms with E-state index >= 15 is 0 Å². The molecule has 0 aromatic carbocycles. The average molecular weight is 411 g/mol. The van der Waals surface area contributed by atoms with Crippen LogP contribution in [0.25, 0.3) is 0 Å². The van der Waals surface area contributed by atoms with Gasteiger partial charge in [-0.25, -0.2) is 13.1 Å². The standard InChI is InChI=1S/C17H26N6O2S2/c1-5-7-21-11-18-22(17(21)26)12-20(4)9-16-13(2)19-23(14(16)3)15-6-8-27(24,25)10-15/h5,11,15H,1,6-10,12H2,2-4H3/t15-/m0/s1. The molecule has 3 rings (SSSR count). The maximum absolute atomic E-state index is 11.8. The van der Waals surface area contributed by atoms with Crippen molar-refractivity contribution in [1.29, 1.82) is 0 Å². The van der Waals surface area contributed by atoms with Gasteiger partial charge >= 0.3 is 0 Å². The molecule has 0 amide bonds. The van der Waals surface area contributed by atoms with Crippen molar-refractivity contribution in [3.8, 4) is 0 Å². The molecule has 1 aliphatic rings. The summed E-state index contributed by atoms with van der Waals surface area (Å²) in [4.78, 5) is 2.12. The number of aromatic nitrogens is 5. The SMILES string of the molecule is C=CCn1cnn(CN(C)Cc2c(C)nn([C@H]3CCS(=O)(=O)C3)c2C)c1=S. The van der Waals surface area contributed by atoms with Crippen LogP contribution in [0.5, 0.6) is 0 Å². The lowest BCUT2D eigenvalue weighted by atomic mass is 10.2. The van der Waals surface area contributed by atoms with Gasteiger partial charge in [0, 0.05) is 24.3 Å². The van der Waals surface area contributed by atoms with Crippen molar-refractivity contribution in [1.82, 2.24) is 29.0 Å². The molecule has 1 atom stereocenters. The minimum absolute atomic E-state index is 0.0593. The van der Waals surface area contributed by atoms with Gasteiger partial charge in [-0.05, 0) is 39.5 Å². The van der Waals surface area contributed by atoms with Gasteiger partial charge in [-0.2, -0.15) is 10.2 Å². The molecule has 0 radical (unpaired) electrons. The second kappa shape index (κ2) is 7.69. The van der Waals surface area contributed by atoms with Gasteiger partial charge in [-0.3, -0.25) is 9.58 Å². The summed E-state index contributed by atoms with van der Waals surface area (Å²) in [6.45, 7) is 9.60. The molecule has 0 unspecified atom stereocenters. The molecule has 1 fully saturated rings. The first-order chi connectivity index (χ1) is 12.7. The summed E-state index contributed by atoms with van der Waals surface area (Å²) in [5, 5.41) is 8.97. The van der Waals surface area contributed by atoms with Crippen LogP contribution in [0.1, 0.15) is 29.4 Å². The minimum Gasteiger partial charge on any atom is -0.303 e. The molecular weight excluding hydrogens is 384 g/mol. The highest BCUT2D eigenvalue weighted by molar-refractivity contribution is 7.91. The van der Waals surface area contributed by atoms with Crippen LogP contribution in [0.3, 0.4) is 0 Å². The number of aryl methyl sites for hydroxylation is 1. The quantitative estimate of drug-likeness (QED) is 0.512. The molecule has 27 heavy (non-hydrogen) atoms. The Hall–Kier alpha value is -1.78. The van der Waals surface area contributed by atoms with Gasteiger partial charge in [-0.15, -0.1) is 6.58 Å². The summed E-state index contributed by atoms with van der Waals surface area (Å²) < 4.78 is 29.8. The number of sulfone groups is 1. The topological polar surface area (TPSA) is 78.0 Å². The number of allylic oxidation sites excluding steroid dienone is 1. The molecular formula is C17H26N6O2S2. The molecule has 0 spiro atoms. The van der Waals surface area contributed by atoms with Crippen LogP contribution in [0.4, 0.5) is 0 Å². The fraction of sp³-hybridized carbons (Fsp3) is 0.588. The monoisotopic (exact) mass is 410 g/mol. The second-order valence-corrected chi connectivity index (χ2v) is 9.75. The Morgan fingerprint density at radius 3 is 2.81 bits per heavy atom. The van der Waals surface area contributed by atoms with Crippen molar-refractivity contribution >= 4 is 22.1 Å². The highest BCUT2D eigenvalue weighted by Gasteiger charge is 2.31. The Kier molecular flexibility index (Phi) is 5.68. The van der Waals surface area contributed by atoms with Gasteiger partial charge < -0.3 is 4.57 Å². The predicted octanol–water partition coefficient (Wildman–Crippen LogP) is 1.86. The zero-order valence-corrected chi connectivity index (χ0v) is 17.6. The molecule has 1 saturated heterocycles. The van der Waals surface area contributed by atoms with Crippen molar-refractivity contribution in [2.75, 3.05) is 18.6 Å². The Labute approximate surface area is 165 Å². The number of nitrogens with zero attached hydrogens (tertiary/aromatic N) is 6. The molecule has 8 nitrogen and oxygen atoms in total. The average Bonchev–Trinajstić information content (AvgIpc) is 3.21. The molecule has 0 bridgehead atoms. The van der Waals surface area contributed by atoms with Crippen LogP contribution in [-0.2, 0) is 29.6 Å². The van der Waals surface area contributed by atoms with Crippen LogP contribution in [0.15, 0.2) is 19.0 Å². The van der Waals surface area contributed by atoms with Gasteiger partial charge in [-0.1, -0.05) is 6.08 Å². The predicted molar refractivity (Wildman–Crippen MR) is 107 cm³/mol. The lowest BCUT2D eigenvalue weighted by Gasteiger charge is -2.17. The third-order valence-electron chi connectivity index (χ3n) is 4.96. The van der Waals surface area contributed by atoms with E-state index in [1.54, 1.807) is 17.1 Å². The van der Waals surface area contributed by atoms with Gasteiger partial charge in [0.05, 0.1) is 29.9 Å².